The minimum Gasteiger partial charge on any atom is -0.361 e. The molecule has 1 aliphatic rings. The minimum absolute atomic E-state index is 0.0880. The van der Waals surface area contributed by atoms with Crippen LogP contribution < -0.4 is 5.32 Å². The summed E-state index contributed by atoms with van der Waals surface area (Å²) in [7, 11) is 0. The van der Waals surface area contributed by atoms with Crippen LogP contribution in [0.2, 0.25) is 0 Å². The second-order valence-corrected chi connectivity index (χ2v) is 9.99. The lowest BCUT2D eigenvalue weighted by molar-refractivity contribution is -0.433. The van der Waals surface area contributed by atoms with E-state index < -0.39 is 0 Å². The third-order valence-corrected chi connectivity index (χ3v) is 7.37. The van der Waals surface area contributed by atoms with Crippen LogP contribution in [0.3, 0.4) is 0 Å². The van der Waals surface area contributed by atoms with Gasteiger partial charge in [0.1, 0.15) is 6.54 Å². The van der Waals surface area contributed by atoms with Gasteiger partial charge in [-0.2, -0.15) is 4.58 Å². The van der Waals surface area contributed by atoms with Crippen LogP contribution in [0.25, 0.3) is 10.8 Å². The predicted octanol–water partition coefficient (Wildman–Crippen LogP) is 8.11. The molecular weight excluding hydrogens is 424 g/mol. The molecule has 176 valence electrons. The summed E-state index contributed by atoms with van der Waals surface area (Å²) in [5.41, 5.74) is 6.61. The molecule has 1 heterocycles. The molecule has 35 heavy (non-hydrogen) atoms. The van der Waals surface area contributed by atoms with Crippen molar-refractivity contribution in [2.75, 3.05) is 11.9 Å². The van der Waals surface area contributed by atoms with Gasteiger partial charge >= 0.3 is 0 Å². The van der Waals surface area contributed by atoms with Gasteiger partial charge in [0.2, 0.25) is 5.69 Å². The standard InChI is InChI=1S/C33H34N2/c1-4-35-30-20-19-27-15-11-12-18-29(27)32(30)33(3,24-25(2)23-26-13-7-5-8-14-26)31(35)21-22-34-28-16-9-6-10-17-28/h5-22,25H,4,23-24H2,1-3H3/p+1/t25-,33?/m1/s1. The van der Waals surface area contributed by atoms with Gasteiger partial charge in [-0.15, -0.1) is 0 Å². The molecular formula is C33H35N2+. The Labute approximate surface area is 209 Å². The van der Waals surface area contributed by atoms with Crippen LogP contribution in [0, 0.1) is 5.92 Å². The largest absolute Gasteiger partial charge is 0.361 e. The van der Waals surface area contributed by atoms with Gasteiger partial charge in [0.25, 0.3) is 0 Å². The van der Waals surface area contributed by atoms with Crippen molar-refractivity contribution < 1.29 is 4.58 Å². The van der Waals surface area contributed by atoms with Crippen LogP contribution >= 0.6 is 0 Å². The molecule has 0 fully saturated rings. The van der Waals surface area contributed by atoms with Crippen molar-refractivity contribution in [2.24, 2.45) is 5.92 Å². The monoisotopic (exact) mass is 459 g/mol. The lowest BCUT2D eigenvalue weighted by Crippen LogP contribution is -2.34. The number of hydrogen-bond acceptors (Lipinski definition) is 1. The molecule has 0 spiro atoms. The highest BCUT2D eigenvalue weighted by atomic mass is 15.1. The highest BCUT2D eigenvalue weighted by Crippen LogP contribution is 2.47. The number of nitrogens with zero attached hydrogens (tertiary/aromatic N) is 1. The molecule has 0 radical (unpaired) electrons. The Hall–Kier alpha value is -3.65. The zero-order valence-electron chi connectivity index (χ0n) is 21.0. The second-order valence-electron chi connectivity index (χ2n) is 9.99. The summed E-state index contributed by atoms with van der Waals surface area (Å²) in [6.07, 6.45) is 6.59. The van der Waals surface area contributed by atoms with E-state index in [0.717, 1.165) is 25.1 Å². The third kappa shape index (κ3) is 4.53. The number of benzene rings is 4. The van der Waals surface area contributed by atoms with Crippen LogP contribution in [0.4, 0.5) is 11.4 Å². The molecule has 1 unspecified atom stereocenters. The summed E-state index contributed by atoms with van der Waals surface area (Å²) in [4.78, 5) is 0. The lowest BCUT2D eigenvalue weighted by atomic mass is 9.71. The Bertz CT molecular complexity index is 1370. The van der Waals surface area contributed by atoms with Crippen molar-refractivity contribution in [2.45, 2.75) is 39.0 Å². The third-order valence-electron chi connectivity index (χ3n) is 7.37. The minimum atomic E-state index is -0.0880. The van der Waals surface area contributed by atoms with Gasteiger partial charge in [0.15, 0.2) is 5.71 Å². The van der Waals surface area contributed by atoms with E-state index in [1.54, 1.807) is 0 Å². The molecule has 1 N–H and O–H groups in total. The van der Waals surface area contributed by atoms with E-state index >= 15 is 0 Å². The molecule has 2 nitrogen and oxygen atoms in total. The number of anilines is 1. The smallest absolute Gasteiger partial charge is 0.210 e. The van der Waals surface area contributed by atoms with E-state index in [9.17, 15) is 0 Å². The number of rotatable bonds is 8. The van der Waals surface area contributed by atoms with Gasteiger partial charge in [-0.25, -0.2) is 0 Å². The first-order valence-corrected chi connectivity index (χ1v) is 12.8. The summed E-state index contributed by atoms with van der Waals surface area (Å²) in [6.45, 7) is 8.06. The maximum Gasteiger partial charge on any atom is 0.210 e. The van der Waals surface area contributed by atoms with Gasteiger partial charge < -0.3 is 5.32 Å². The molecule has 0 amide bonds. The zero-order chi connectivity index (χ0) is 24.3. The van der Waals surface area contributed by atoms with Crippen LogP contribution in [-0.2, 0) is 11.8 Å². The van der Waals surface area contributed by atoms with Gasteiger partial charge in [-0.3, -0.25) is 0 Å². The van der Waals surface area contributed by atoms with E-state index in [1.165, 1.54) is 33.3 Å². The van der Waals surface area contributed by atoms with E-state index in [-0.39, 0.29) is 5.41 Å². The van der Waals surface area contributed by atoms with Crippen molar-refractivity contribution in [3.8, 4) is 0 Å². The number of nitrogens with one attached hydrogen (secondary N) is 1. The molecule has 0 aliphatic carbocycles. The van der Waals surface area contributed by atoms with Crippen LogP contribution in [0.15, 0.2) is 109 Å². The van der Waals surface area contributed by atoms with Gasteiger partial charge in [0, 0.05) is 29.6 Å². The van der Waals surface area contributed by atoms with Gasteiger partial charge in [-0.1, -0.05) is 79.7 Å². The first-order chi connectivity index (χ1) is 17.1. The molecule has 0 aromatic heterocycles. The Morgan fingerprint density at radius 3 is 2.29 bits per heavy atom. The topological polar surface area (TPSA) is 15.0 Å². The molecule has 4 aromatic carbocycles. The molecule has 0 saturated heterocycles. The Morgan fingerprint density at radius 1 is 0.857 bits per heavy atom. The Morgan fingerprint density at radius 2 is 1.54 bits per heavy atom. The van der Waals surface area contributed by atoms with Crippen molar-refractivity contribution in [3.05, 3.63) is 120 Å². The van der Waals surface area contributed by atoms with Crippen LogP contribution in [-0.4, -0.2) is 16.8 Å². The van der Waals surface area contributed by atoms with Crippen molar-refractivity contribution in [3.63, 3.8) is 0 Å². The maximum absolute atomic E-state index is 3.48. The Kier molecular flexibility index (Phi) is 6.55. The number of para-hydroxylation sites is 1. The second kappa shape index (κ2) is 9.92. The summed E-state index contributed by atoms with van der Waals surface area (Å²) in [5.74, 6) is 0.538. The molecule has 1 aliphatic heterocycles. The van der Waals surface area contributed by atoms with E-state index in [1.807, 2.05) is 6.07 Å². The van der Waals surface area contributed by atoms with E-state index in [4.69, 9.17) is 0 Å². The van der Waals surface area contributed by atoms with Gasteiger partial charge in [0.05, 0.1) is 5.41 Å². The highest BCUT2D eigenvalue weighted by molar-refractivity contribution is 6.08. The molecule has 0 bridgehead atoms. The summed E-state index contributed by atoms with van der Waals surface area (Å²) in [6, 6.07) is 34.8. The fourth-order valence-electron chi connectivity index (χ4n) is 5.98. The summed E-state index contributed by atoms with van der Waals surface area (Å²) in [5, 5.41) is 6.17. The van der Waals surface area contributed by atoms with E-state index in [0.29, 0.717) is 5.92 Å². The maximum atomic E-state index is 3.48. The van der Waals surface area contributed by atoms with Crippen LogP contribution in [0.1, 0.15) is 38.3 Å². The zero-order valence-corrected chi connectivity index (χ0v) is 21.0. The number of fused-ring (bicyclic) bond motifs is 3. The first-order valence-electron chi connectivity index (χ1n) is 12.8. The SMILES string of the molecule is CC[N+]1=C(C=CNc2ccccc2)C(C)(C[C@H](C)Cc2ccccc2)c2c1ccc1ccccc21. The van der Waals surface area contributed by atoms with Gasteiger partial charge in [-0.05, 0) is 67.1 Å². The normalized spacial score (nSPS) is 18.3. The summed E-state index contributed by atoms with van der Waals surface area (Å²) < 4.78 is 2.51. The number of allylic oxidation sites excluding steroid dienone is 1. The molecule has 0 saturated carbocycles. The Balaban J connectivity index is 1.57. The predicted molar refractivity (Wildman–Crippen MR) is 150 cm³/mol. The molecule has 4 aromatic rings. The number of hydrogen-bond donors (Lipinski definition) is 1. The molecule has 2 heteroatoms. The van der Waals surface area contributed by atoms with Crippen molar-refractivity contribution >= 4 is 27.9 Å². The average molecular weight is 460 g/mol. The quantitative estimate of drug-likeness (QED) is 0.263. The van der Waals surface area contributed by atoms with Crippen LogP contribution in [0.5, 0.6) is 0 Å². The fourth-order valence-corrected chi connectivity index (χ4v) is 5.98. The first kappa shape index (κ1) is 23.1. The molecule has 5 rings (SSSR count). The fraction of sp³-hybridized carbons (Fsp3) is 0.242. The average Bonchev–Trinajstić information content (AvgIpc) is 3.12. The van der Waals surface area contributed by atoms with Crippen molar-refractivity contribution in [1.82, 2.24) is 0 Å². The molecule has 2 atom stereocenters. The van der Waals surface area contributed by atoms with E-state index in [2.05, 4.69) is 134 Å². The lowest BCUT2D eigenvalue weighted by Gasteiger charge is -2.27. The van der Waals surface area contributed by atoms with Crippen molar-refractivity contribution in [1.29, 1.82) is 0 Å². The highest BCUT2D eigenvalue weighted by Gasteiger charge is 2.48. The summed E-state index contributed by atoms with van der Waals surface area (Å²) >= 11 is 0.